The molecule has 37 heavy (non-hydrogen) atoms. The second kappa shape index (κ2) is 22.4. The zero-order chi connectivity index (χ0) is 26.8. The molecule has 0 saturated carbocycles. The van der Waals surface area contributed by atoms with Crippen molar-refractivity contribution < 1.29 is 60.7 Å². The molecule has 4 heterocycles. The molecule has 12 nitrogen and oxygen atoms in total. The van der Waals surface area contributed by atoms with E-state index in [-0.39, 0.29) is 42.6 Å². The smallest absolute Gasteiger partial charge is 0.405 e. The third-order valence-electron chi connectivity index (χ3n) is 2.94. The fourth-order valence-corrected chi connectivity index (χ4v) is 9.19. The first-order chi connectivity index (χ1) is 17.2. The SMILES string of the molecule is O=C(O)NC1C=CSS1.O=C(O)NC1C=CSS1.O=C(O)NC1C=CSS1.O=C(O)NC1C=CSS1.[Mo]. The van der Waals surface area contributed by atoms with Crippen molar-refractivity contribution in [2.24, 2.45) is 0 Å². The van der Waals surface area contributed by atoms with E-state index < -0.39 is 24.4 Å². The van der Waals surface area contributed by atoms with E-state index in [1.54, 1.807) is 0 Å². The zero-order valence-corrected chi connectivity index (χ0v) is 26.6. The molecule has 4 rings (SSSR count). The van der Waals surface area contributed by atoms with Gasteiger partial charge in [0.1, 0.15) is 21.5 Å². The minimum atomic E-state index is -0.973. The van der Waals surface area contributed by atoms with E-state index in [1.807, 2.05) is 45.9 Å². The molecule has 21 heteroatoms. The minimum absolute atomic E-state index is 0. The molecule has 0 saturated heterocycles. The number of carboxylic acid groups (broad SMARTS) is 4. The summed E-state index contributed by atoms with van der Waals surface area (Å²) < 4.78 is 0. The monoisotopic (exact) mass is 750 g/mol. The Morgan fingerprint density at radius 2 is 0.649 bits per heavy atom. The summed E-state index contributed by atoms with van der Waals surface area (Å²) in [4.78, 5) is 40.0. The van der Waals surface area contributed by atoms with Gasteiger partial charge in [-0.3, -0.25) is 0 Å². The van der Waals surface area contributed by atoms with Crippen molar-refractivity contribution in [1.82, 2.24) is 21.3 Å². The first kappa shape index (κ1) is 36.5. The van der Waals surface area contributed by atoms with Crippen molar-refractivity contribution in [2.75, 3.05) is 0 Å². The van der Waals surface area contributed by atoms with Crippen LogP contribution in [0.15, 0.2) is 45.9 Å². The molecule has 4 aliphatic rings. The fraction of sp³-hybridized carbons (Fsp3) is 0.250. The predicted octanol–water partition coefficient (Wildman–Crippen LogP) is 5.95. The molecule has 0 aromatic carbocycles. The van der Waals surface area contributed by atoms with Gasteiger partial charge in [-0.2, -0.15) is 0 Å². The van der Waals surface area contributed by atoms with E-state index in [0.717, 1.165) is 0 Å². The fourth-order valence-electron chi connectivity index (χ4n) is 1.69. The quantitative estimate of drug-likeness (QED) is 0.124. The number of rotatable bonds is 4. The molecule has 8 N–H and O–H groups in total. The number of hydrogen-bond donors (Lipinski definition) is 8. The maximum Gasteiger partial charge on any atom is 0.405 e. The molecule has 4 unspecified atom stereocenters. The van der Waals surface area contributed by atoms with Gasteiger partial charge in [-0.25, -0.2) is 19.2 Å². The molecule has 206 valence electrons. The predicted molar refractivity (Wildman–Crippen MR) is 157 cm³/mol. The standard InChI is InChI=1S/4C4H5NO2S2.Mo/c4*6-4(7)5-3-1-2-8-9-3;/h4*1-3,5H,(H,6,7);. The number of amides is 4. The summed E-state index contributed by atoms with van der Waals surface area (Å²) in [6, 6.07) is 0. The summed E-state index contributed by atoms with van der Waals surface area (Å²) in [5.74, 6) is 0. The van der Waals surface area contributed by atoms with Crippen molar-refractivity contribution in [3.05, 3.63) is 45.9 Å². The maximum atomic E-state index is 9.99. The van der Waals surface area contributed by atoms with E-state index in [0.29, 0.717) is 0 Å². The molecule has 0 aliphatic carbocycles. The molecule has 0 aromatic rings. The van der Waals surface area contributed by atoms with Gasteiger partial charge in [-0.15, -0.1) is 0 Å². The Kier molecular flexibility index (Phi) is 22.1. The first-order valence-electron chi connectivity index (χ1n) is 9.08. The Hall–Kier alpha value is -0.472. The van der Waals surface area contributed by atoms with Crippen LogP contribution in [0.4, 0.5) is 19.2 Å². The molecule has 0 aromatic heterocycles. The molecular formula is C16H20MoN4O8S8. The minimum Gasteiger partial charge on any atom is -0.465 e. The van der Waals surface area contributed by atoms with Gasteiger partial charge in [0.25, 0.3) is 0 Å². The molecule has 4 atom stereocenters. The summed E-state index contributed by atoms with van der Waals surface area (Å²) >= 11 is 0. The molecule has 0 spiro atoms. The molecule has 4 amide bonds. The van der Waals surface area contributed by atoms with Gasteiger partial charge in [0, 0.05) is 21.1 Å². The number of carbonyl (C=O) groups is 4. The maximum absolute atomic E-state index is 9.99. The third-order valence-corrected chi connectivity index (χ3v) is 11.5. The van der Waals surface area contributed by atoms with Crippen LogP contribution >= 0.6 is 86.4 Å². The Bertz CT molecular complexity index is 733. The topological polar surface area (TPSA) is 197 Å². The van der Waals surface area contributed by atoms with E-state index >= 15 is 0 Å². The molecule has 0 radical (unpaired) electrons. The number of hydrogen-bond acceptors (Lipinski definition) is 12. The summed E-state index contributed by atoms with van der Waals surface area (Å²) in [6.07, 6.45) is 3.35. The van der Waals surface area contributed by atoms with Gasteiger partial charge >= 0.3 is 24.4 Å². The second-order valence-corrected chi connectivity index (χ2v) is 14.8. The number of nitrogens with one attached hydrogen (secondary N) is 4. The molecular weight excluding hydrogens is 729 g/mol. The summed E-state index contributed by atoms with van der Waals surface area (Å²) in [7, 11) is 12.1. The van der Waals surface area contributed by atoms with Gasteiger partial charge in [0.2, 0.25) is 0 Å². The average molecular weight is 749 g/mol. The average Bonchev–Trinajstić information content (AvgIpc) is 3.58. The van der Waals surface area contributed by atoms with Gasteiger partial charge < -0.3 is 41.7 Å². The Balaban J connectivity index is 0.000000463. The van der Waals surface area contributed by atoms with E-state index in [9.17, 15) is 19.2 Å². The van der Waals surface area contributed by atoms with Gasteiger partial charge in [-0.1, -0.05) is 86.4 Å². The van der Waals surface area contributed by atoms with Crippen LogP contribution in [0, 0.1) is 0 Å². The van der Waals surface area contributed by atoms with Crippen LogP contribution in [0.5, 0.6) is 0 Å². The molecule has 4 aliphatic heterocycles. The van der Waals surface area contributed by atoms with Crippen molar-refractivity contribution in [3.63, 3.8) is 0 Å². The molecule has 0 bridgehead atoms. The van der Waals surface area contributed by atoms with E-state index in [4.69, 9.17) is 20.4 Å². The largest absolute Gasteiger partial charge is 0.465 e. The van der Waals surface area contributed by atoms with Crippen LogP contribution in [-0.2, 0) is 21.1 Å². The van der Waals surface area contributed by atoms with Crippen LogP contribution in [0.1, 0.15) is 0 Å². The first-order valence-corrected chi connectivity index (χ1v) is 18.2. The second-order valence-electron chi connectivity index (χ2n) is 5.56. The normalized spacial score (nSPS) is 23.6. The third kappa shape index (κ3) is 21.1. The van der Waals surface area contributed by atoms with Crippen LogP contribution in [-0.4, -0.2) is 66.3 Å². The molecule has 0 fully saturated rings. The Labute approximate surface area is 257 Å². The van der Waals surface area contributed by atoms with Crippen LogP contribution < -0.4 is 21.3 Å². The van der Waals surface area contributed by atoms with Crippen LogP contribution in [0.2, 0.25) is 0 Å². The summed E-state index contributed by atoms with van der Waals surface area (Å²) in [6.45, 7) is 0. The van der Waals surface area contributed by atoms with Crippen LogP contribution in [0.25, 0.3) is 0 Å². The van der Waals surface area contributed by atoms with E-state index in [2.05, 4.69) is 21.3 Å². The van der Waals surface area contributed by atoms with Crippen molar-refractivity contribution in [3.8, 4) is 0 Å². The Morgan fingerprint density at radius 3 is 0.757 bits per heavy atom. The summed E-state index contributed by atoms with van der Waals surface area (Å²) in [5.41, 5.74) is 0. The van der Waals surface area contributed by atoms with Crippen molar-refractivity contribution >= 4 is 111 Å². The van der Waals surface area contributed by atoms with Crippen molar-refractivity contribution in [1.29, 1.82) is 0 Å². The van der Waals surface area contributed by atoms with Gasteiger partial charge in [0.05, 0.1) is 0 Å². The van der Waals surface area contributed by atoms with Gasteiger partial charge in [0.15, 0.2) is 0 Å². The van der Waals surface area contributed by atoms with Crippen molar-refractivity contribution in [2.45, 2.75) is 21.5 Å². The Morgan fingerprint density at radius 1 is 0.459 bits per heavy atom. The van der Waals surface area contributed by atoms with E-state index in [1.165, 1.54) is 86.4 Å². The van der Waals surface area contributed by atoms with Crippen LogP contribution in [0.3, 0.4) is 0 Å². The van der Waals surface area contributed by atoms with Gasteiger partial charge in [-0.05, 0) is 45.9 Å². The zero-order valence-electron chi connectivity index (χ0n) is 18.0. The summed E-state index contributed by atoms with van der Waals surface area (Å²) in [5, 5.41) is 49.3.